The fourth-order valence-electron chi connectivity index (χ4n) is 3.78. The fraction of sp³-hybridized carbons (Fsp3) is 0.579. The van der Waals surface area contributed by atoms with Crippen molar-refractivity contribution in [1.82, 2.24) is 9.78 Å². The van der Waals surface area contributed by atoms with Crippen LogP contribution in [-0.4, -0.2) is 28.1 Å². The molecule has 0 atom stereocenters. The quantitative estimate of drug-likeness (QED) is 0.808. The highest BCUT2D eigenvalue weighted by Gasteiger charge is 2.53. The van der Waals surface area contributed by atoms with E-state index < -0.39 is 18.3 Å². The first-order valence-corrected chi connectivity index (χ1v) is 9.00. The Morgan fingerprint density at radius 2 is 1.80 bits per heavy atom. The van der Waals surface area contributed by atoms with Gasteiger partial charge in [-0.25, -0.2) is 0 Å². The second kappa shape index (κ2) is 5.33. The Morgan fingerprint density at radius 1 is 1.16 bits per heavy atom. The van der Waals surface area contributed by atoms with Crippen molar-refractivity contribution in [2.75, 3.05) is 0 Å². The lowest BCUT2D eigenvalue weighted by Gasteiger charge is -2.40. The first kappa shape index (κ1) is 16.6. The number of aromatic nitrogens is 2. The van der Waals surface area contributed by atoms with Gasteiger partial charge in [-0.2, -0.15) is 10.4 Å². The SMILES string of the molecule is CC1(C)OB(c2nn(C3(CC#N)CCC3)c3ccccc23)OC1(C)C. The summed E-state index contributed by atoms with van der Waals surface area (Å²) < 4.78 is 14.5. The van der Waals surface area contributed by atoms with E-state index >= 15 is 0 Å². The third-order valence-corrected chi connectivity index (χ3v) is 6.23. The zero-order valence-corrected chi connectivity index (χ0v) is 15.4. The molecule has 1 aromatic carbocycles. The molecule has 1 saturated carbocycles. The van der Waals surface area contributed by atoms with Crippen LogP contribution in [0.2, 0.25) is 0 Å². The number of nitrogens with zero attached hydrogens (tertiary/aromatic N) is 3. The Kier molecular flexibility index (Phi) is 3.54. The fourth-order valence-corrected chi connectivity index (χ4v) is 3.78. The van der Waals surface area contributed by atoms with E-state index in [1.54, 1.807) is 0 Å². The number of fused-ring (bicyclic) bond motifs is 1. The molecule has 4 rings (SSSR count). The Balaban J connectivity index is 1.83. The molecule has 25 heavy (non-hydrogen) atoms. The molecular weight excluding hydrogens is 313 g/mol. The standard InChI is InChI=1S/C19H24BN3O2/c1-17(2)18(3,4)25-20(24-17)16-14-8-5-6-9-15(14)23(22-16)19(12-13-21)10-7-11-19/h5-6,8-9H,7,10-12H2,1-4H3. The molecule has 6 heteroatoms. The number of nitriles is 1. The van der Waals surface area contributed by atoms with Crippen LogP contribution in [0.3, 0.4) is 0 Å². The van der Waals surface area contributed by atoms with Crippen molar-refractivity contribution in [2.24, 2.45) is 0 Å². The molecule has 0 spiro atoms. The van der Waals surface area contributed by atoms with Crippen LogP contribution in [0.4, 0.5) is 0 Å². The van der Waals surface area contributed by atoms with Crippen LogP contribution in [-0.2, 0) is 14.8 Å². The lowest BCUT2D eigenvalue weighted by atomic mass is 9.74. The van der Waals surface area contributed by atoms with E-state index in [0.717, 1.165) is 35.8 Å². The molecular formula is C19H24BN3O2. The molecule has 1 aliphatic carbocycles. The molecule has 2 aliphatic rings. The molecule has 5 nitrogen and oxygen atoms in total. The van der Waals surface area contributed by atoms with Gasteiger partial charge in [0.05, 0.1) is 34.7 Å². The summed E-state index contributed by atoms with van der Waals surface area (Å²) in [6, 6.07) is 10.5. The number of benzene rings is 1. The van der Waals surface area contributed by atoms with E-state index in [4.69, 9.17) is 14.4 Å². The molecule has 1 aromatic heterocycles. The molecule has 0 N–H and O–H groups in total. The minimum absolute atomic E-state index is 0.184. The van der Waals surface area contributed by atoms with Crippen molar-refractivity contribution in [3.63, 3.8) is 0 Å². The van der Waals surface area contributed by atoms with Crippen molar-refractivity contribution in [2.45, 2.75) is 70.1 Å². The number of para-hydroxylation sites is 1. The smallest absolute Gasteiger partial charge is 0.398 e. The van der Waals surface area contributed by atoms with Crippen LogP contribution in [0, 0.1) is 11.3 Å². The minimum Gasteiger partial charge on any atom is -0.398 e. The summed E-state index contributed by atoms with van der Waals surface area (Å²) in [5.74, 6) is 0. The predicted octanol–water partition coefficient (Wildman–Crippen LogP) is 3.13. The van der Waals surface area contributed by atoms with Crippen LogP contribution in [0.15, 0.2) is 24.3 Å². The van der Waals surface area contributed by atoms with E-state index in [1.807, 2.05) is 12.1 Å². The van der Waals surface area contributed by atoms with Crippen LogP contribution in [0.25, 0.3) is 10.9 Å². The maximum atomic E-state index is 9.32. The molecule has 0 unspecified atom stereocenters. The third-order valence-electron chi connectivity index (χ3n) is 6.23. The molecule has 2 heterocycles. The largest absolute Gasteiger partial charge is 0.517 e. The summed E-state index contributed by atoms with van der Waals surface area (Å²) in [4.78, 5) is 0. The van der Waals surface area contributed by atoms with E-state index in [-0.39, 0.29) is 5.54 Å². The van der Waals surface area contributed by atoms with E-state index in [0.29, 0.717) is 6.42 Å². The summed E-state index contributed by atoms with van der Waals surface area (Å²) in [5.41, 5.74) is 0.892. The van der Waals surface area contributed by atoms with Gasteiger partial charge in [-0.3, -0.25) is 4.68 Å². The van der Waals surface area contributed by atoms with E-state index in [2.05, 4.69) is 50.6 Å². The average molecular weight is 337 g/mol. The highest BCUT2D eigenvalue weighted by molar-refractivity contribution is 6.64. The van der Waals surface area contributed by atoms with Crippen LogP contribution >= 0.6 is 0 Å². The molecule has 2 fully saturated rings. The molecule has 1 aliphatic heterocycles. The Labute approximate surface area is 149 Å². The van der Waals surface area contributed by atoms with E-state index in [9.17, 15) is 5.26 Å². The summed E-state index contributed by atoms with van der Waals surface area (Å²) in [5, 5.41) is 15.3. The van der Waals surface area contributed by atoms with Crippen molar-refractivity contribution in [3.05, 3.63) is 24.3 Å². The second-order valence-corrected chi connectivity index (χ2v) is 8.32. The Hall–Kier alpha value is -1.84. The van der Waals surface area contributed by atoms with Gasteiger partial charge >= 0.3 is 7.12 Å². The van der Waals surface area contributed by atoms with Gasteiger partial charge in [0, 0.05) is 5.39 Å². The lowest BCUT2D eigenvalue weighted by Crippen LogP contribution is -2.43. The molecule has 0 radical (unpaired) electrons. The highest BCUT2D eigenvalue weighted by atomic mass is 16.7. The predicted molar refractivity (Wildman–Crippen MR) is 97.5 cm³/mol. The molecule has 2 aromatic rings. The number of rotatable bonds is 3. The van der Waals surface area contributed by atoms with Crippen molar-refractivity contribution >= 4 is 23.6 Å². The van der Waals surface area contributed by atoms with Crippen molar-refractivity contribution in [1.29, 1.82) is 5.26 Å². The highest BCUT2D eigenvalue weighted by Crippen LogP contribution is 2.43. The van der Waals surface area contributed by atoms with Crippen LogP contribution in [0.1, 0.15) is 53.4 Å². The van der Waals surface area contributed by atoms with E-state index in [1.165, 1.54) is 0 Å². The topological polar surface area (TPSA) is 60.1 Å². The second-order valence-electron chi connectivity index (χ2n) is 8.32. The van der Waals surface area contributed by atoms with Gasteiger partial charge in [-0.1, -0.05) is 18.2 Å². The Morgan fingerprint density at radius 3 is 2.36 bits per heavy atom. The average Bonchev–Trinajstić information content (AvgIpc) is 2.99. The molecule has 0 bridgehead atoms. The monoisotopic (exact) mass is 337 g/mol. The van der Waals surface area contributed by atoms with Gasteiger partial charge in [0.25, 0.3) is 0 Å². The minimum atomic E-state index is -0.490. The van der Waals surface area contributed by atoms with Gasteiger partial charge in [0.2, 0.25) is 0 Å². The maximum Gasteiger partial charge on any atom is 0.517 e. The zero-order valence-electron chi connectivity index (χ0n) is 15.4. The van der Waals surface area contributed by atoms with Gasteiger partial charge in [0.1, 0.15) is 5.59 Å². The zero-order chi connectivity index (χ0) is 17.9. The summed E-state index contributed by atoms with van der Waals surface area (Å²) in [6.07, 6.45) is 3.62. The van der Waals surface area contributed by atoms with Crippen LogP contribution < -0.4 is 5.59 Å². The molecule has 130 valence electrons. The van der Waals surface area contributed by atoms with Crippen molar-refractivity contribution in [3.8, 4) is 6.07 Å². The van der Waals surface area contributed by atoms with Gasteiger partial charge < -0.3 is 9.31 Å². The Bertz CT molecular complexity index is 845. The summed E-state index contributed by atoms with van der Waals surface area (Å²) >= 11 is 0. The molecule has 0 amide bonds. The number of hydrogen-bond acceptors (Lipinski definition) is 4. The number of hydrogen-bond donors (Lipinski definition) is 0. The van der Waals surface area contributed by atoms with Crippen LogP contribution in [0.5, 0.6) is 0 Å². The maximum absolute atomic E-state index is 9.32. The first-order valence-electron chi connectivity index (χ1n) is 9.00. The van der Waals surface area contributed by atoms with Gasteiger partial charge in [-0.05, 0) is 53.0 Å². The van der Waals surface area contributed by atoms with Gasteiger partial charge in [0.15, 0.2) is 0 Å². The normalized spacial score (nSPS) is 23.4. The summed E-state index contributed by atoms with van der Waals surface area (Å²) in [6.45, 7) is 8.20. The molecule has 1 saturated heterocycles. The van der Waals surface area contributed by atoms with Gasteiger partial charge in [-0.15, -0.1) is 0 Å². The summed E-state index contributed by atoms with van der Waals surface area (Å²) in [7, 11) is -0.490. The first-order chi connectivity index (χ1) is 11.8. The lowest BCUT2D eigenvalue weighted by molar-refractivity contribution is 0.00578. The third kappa shape index (κ3) is 2.33. The van der Waals surface area contributed by atoms with Crippen molar-refractivity contribution < 1.29 is 9.31 Å².